The molecule has 2 nitrogen and oxygen atoms in total. The van der Waals surface area contributed by atoms with Crippen LogP contribution in [0.5, 0.6) is 0 Å². The first-order chi connectivity index (χ1) is 8.89. The Hall–Kier alpha value is -0.380. The third kappa shape index (κ3) is 7.71. The van der Waals surface area contributed by atoms with Crippen LogP contribution in [0.3, 0.4) is 0 Å². The van der Waals surface area contributed by atoms with Gasteiger partial charge >= 0.3 is 0 Å². The van der Waals surface area contributed by atoms with Crippen LogP contribution < -0.4 is 5.32 Å². The number of rotatable bonds is 8. The Morgan fingerprint density at radius 2 is 1.84 bits per heavy atom. The summed E-state index contributed by atoms with van der Waals surface area (Å²) in [5, 5.41) is 3.50. The number of hydrogen-bond acceptors (Lipinski definition) is 2. The number of benzene rings is 1. The molecule has 0 aromatic heterocycles. The lowest BCUT2D eigenvalue weighted by molar-refractivity contribution is 0.0510. The molecule has 108 valence electrons. The highest BCUT2D eigenvalue weighted by molar-refractivity contribution is 9.10. The smallest absolute Gasteiger partial charge is 0.0717 e. The first kappa shape index (κ1) is 16.7. The van der Waals surface area contributed by atoms with Crippen molar-refractivity contribution >= 4 is 15.9 Å². The van der Waals surface area contributed by atoms with Gasteiger partial charge in [0.15, 0.2) is 0 Å². The van der Waals surface area contributed by atoms with Crippen molar-refractivity contribution in [1.29, 1.82) is 0 Å². The van der Waals surface area contributed by atoms with Crippen LogP contribution in [0.2, 0.25) is 0 Å². The van der Waals surface area contributed by atoms with E-state index in [2.05, 4.69) is 61.1 Å². The van der Waals surface area contributed by atoms with Crippen LogP contribution in [-0.2, 0) is 11.3 Å². The number of nitrogens with one attached hydrogen (secondary N) is 1. The third-order valence-electron chi connectivity index (χ3n) is 2.83. The highest BCUT2D eigenvalue weighted by Crippen LogP contribution is 2.16. The van der Waals surface area contributed by atoms with Gasteiger partial charge in [-0.1, -0.05) is 55.8 Å². The average molecular weight is 328 g/mol. The minimum Gasteiger partial charge on any atom is -0.376 e. The zero-order valence-electron chi connectivity index (χ0n) is 12.5. The SMILES string of the molecule is CC(C)CNCC(C)(C)COCc1ccc(Br)cc1. The second-order valence-corrected chi connectivity index (χ2v) is 7.22. The summed E-state index contributed by atoms with van der Waals surface area (Å²) >= 11 is 3.44. The quantitative estimate of drug-likeness (QED) is 0.771. The first-order valence-electron chi connectivity index (χ1n) is 6.92. The third-order valence-corrected chi connectivity index (χ3v) is 3.36. The van der Waals surface area contributed by atoms with Crippen LogP contribution in [0.15, 0.2) is 28.7 Å². The maximum absolute atomic E-state index is 5.83. The van der Waals surface area contributed by atoms with Crippen molar-refractivity contribution in [3.63, 3.8) is 0 Å². The van der Waals surface area contributed by atoms with Crippen molar-refractivity contribution in [3.8, 4) is 0 Å². The van der Waals surface area contributed by atoms with Gasteiger partial charge < -0.3 is 10.1 Å². The molecule has 0 aliphatic rings. The van der Waals surface area contributed by atoms with Gasteiger partial charge in [0.25, 0.3) is 0 Å². The van der Waals surface area contributed by atoms with Crippen molar-refractivity contribution in [2.45, 2.75) is 34.3 Å². The summed E-state index contributed by atoms with van der Waals surface area (Å²) in [5.41, 5.74) is 1.39. The molecular formula is C16H26BrNO. The Morgan fingerprint density at radius 1 is 1.21 bits per heavy atom. The lowest BCUT2D eigenvalue weighted by Crippen LogP contribution is -2.35. The van der Waals surface area contributed by atoms with Crippen LogP contribution in [-0.4, -0.2) is 19.7 Å². The van der Waals surface area contributed by atoms with Gasteiger partial charge in [0.1, 0.15) is 0 Å². The molecule has 0 radical (unpaired) electrons. The predicted octanol–water partition coefficient (Wildman–Crippen LogP) is 4.24. The number of halogens is 1. The van der Waals surface area contributed by atoms with E-state index in [1.54, 1.807) is 0 Å². The van der Waals surface area contributed by atoms with Crippen molar-refractivity contribution in [3.05, 3.63) is 34.3 Å². The minimum absolute atomic E-state index is 0.171. The van der Waals surface area contributed by atoms with Gasteiger partial charge in [0, 0.05) is 16.4 Å². The van der Waals surface area contributed by atoms with Crippen molar-refractivity contribution in [2.24, 2.45) is 11.3 Å². The van der Waals surface area contributed by atoms with Gasteiger partial charge in [-0.05, 0) is 30.2 Å². The Balaban J connectivity index is 2.25. The monoisotopic (exact) mass is 327 g/mol. The molecular weight excluding hydrogens is 302 g/mol. The van der Waals surface area contributed by atoms with Crippen molar-refractivity contribution in [1.82, 2.24) is 5.32 Å². The van der Waals surface area contributed by atoms with Gasteiger partial charge in [0.2, 0.25) is 0 Å². The lowest BCUT2D eigenvalue weighted by Gasteiger charge is -2.25. The topological polar surface area (TPSA) is 21.3 Å². The zero-order valence-corrected chi connectivity index (χ0v) is 14.1. The molecule has 1 rings (SSSR count). The maximum atomic E-state index is 5.83. The second-order valence-electron chi connectivity index (χ2n) is 6.31. The van der Waals surface area contributed by atoms with E-state index in [9.17, 15) is 0 Å². The molecule has 0 aliphatic carbocycles. The molecule has 0 atom stereocenters. The summed E-state index contributed by atoms with van der Waals surface area (Å²) in [5.74, 6) is 0.694. The van der Waals surface area contributed by atoms with Gasteiger partial charge in [-0.3, -0.25) is 0 Å². The molecule has 0 heterocycles. The Morgan fingerprint density at radius 3 is 2.42 bits per heavy atom. The number of ether oxygens (including phenoxy) is 1. The molecule has 0 unspecified atom stereocenters. The summed E-state index contributed by atoms with van der Waals surface area (Å²) in [4.78, 5) is 0. The highest BCUT2D eigenvalue weighted by atomic mass is 79.9. The summed E-state index contributed by atoms with van der Waals surface area (Å²) in [6.45, 7) is 12.4. The molecule has 0 saturated heterocycles. The van der Waals surface area contributed by atoms with E-state index in [4.69, 9.17) is 4.74 Å². The second kappa shape index (κ2) is 8.03. The van der Waals surface area contributed by atoms with Crippen LogP contribution in [0.1, 0.15) is 33.3 Å². The highest BCUT2D eigenvalue weighted by Gasteiger charge is 2.17. The van der Waals surface area contributed by atoms with E-state index in [0.29, 0.717) is 12.5 Å². The fourth-order valence-corrected chi connectivity index (χ4v) is 2.04. The van der Waals surface area contributed by atoms with E-state index in [-0.39, 0.29) is 5.41 Å². The maximum Gasteiger partial charge on any atom is 0.0717 e. The van der Waals surface area contributed by atoms with Crippen LogP contribution >= 0.6 is 15.9 Å². The van der Waals surface area contributed by atoms with Crippen molar-refractivity contribution in [2.75, 3.05) is 19.7 Å². The van der Waals surface area contributed by atoms with Crippen LogP contribution in [0.4, 0.5) is 0 Å². The number of hydrogen-bond donors (Lipinski definition) is 1. The van der Waals surface area contributed by atoms with Crippen LogP contribution in [0, 0.1) is 11.3 Å². The Bertz CT molecular complexity index is 360. The minimum atomic E-state index is 0.171. The summed E-state index contributed by atoms with van der Waals surface area (Å²) in [7, 11) is 0. The van der Waals surface area contributed by atoms with E-state index >= 15 is 0 Å². The van der Waals surface area contributed by atoms with Crippen molar-refractivity contribution < 1.29 is 4.74 Å². The van der Waals surface area contributed by atoms with E-state index in [0.717, 1.165) is 24.2 Å². The summed E-state index contributed by atoms with van der Waals surface area (Å²) < 4.78 is 6.93. The first-order valence-corrected chi connectivity index (χ1v) is 7.71. The fraction of sp³-hybridized carbons (Fsp3) is 0.625. The van der Waals surface area contributed by atoms with Gasteiger partial charge in [-0.15, -0.1) is 0 Å². The zero-order chi connectivity index (χ0) is 14.3. The van der Waals surface area contributed by atoms with Gasteiger partial charge in [-0.25, -0.2) is 0 Å². The molecule has 1 N–H and O–H groups in total. The molecule has 0 bridgehead atoms. The molecule has 0 saturated carbocycles. The fourth-order valence-electron chi connectivity index (χ4n) is 1.78. The predicted molar refractivity (Wildman–Crippen MR) is 85.3 cm³/mol. The van der Waals surface area contributed by atoms with E-state index in [1.165, 1.54) is 5.56 Å². The molecule has 0 spiro atoms. The van der Waals surface area contributed by atoms with E-state index < -0.39 is 0 Å². The standard InChI is InChI=1S/C16H26BrNO/c1-13(2)9-18-11-16(3,4)12-19-10-14-5-7-15(17)8-6-14/h5-8,13,18H,9-12H2,1-4H3. The Labute approximate surface area is 126 Å². The van der Waals surface area contributed by atoms with Gasteiger partial charge in [0.05, 0.1) is 13.2 Å². The van der Waals surface area contributed by atoms with E-state index in [1.807, 2.05) is 12.1 Å². The molecule has 1 aromatic rings. The molecule has 1 aromatic carbocycles. The van der Waals surface area contributed by atoms with Gasteiger partial charge in [-0.2, -0.15) is 0 Å². The largest absolute Gasteiger partial charge is 0.376 e. The molecule has 3 heteroatoms. The normalized spacial score (nSPS) is 12.1. The molecule has 0 fully saturated rings. The average Bonchev–Trinajstić information content (AvgIpc) is 2.30. The van der Waals surface area contributed by atoms with Crippen LogP contribution in [0.25, 0.3) is 0 Å². The molecule has 0 aliphatic heterocycles. The lowest BCUT2D eigenvalue weighted by atomic mass is 9.94. The summed E-state index contributed by atoms with van der Waals surface area (Å²) in [6.07, 6.45) is 0. The summed E-state index contributed by atoms with van der Waals surface area (Å²) in [6, 6.07) is 8.28. The molecule has 0 amide bonds. The Kier molecular flexibility index (Phi) is 7.05. The molecule has 19 heavy (non-hydrogen) atoms.